The van der Waals surface area contributed by atoms with E-state index in [0.29, 0.717) is 0 Å². The van der Waals surface area contributed by atoms with Gasteiger partial charge in [0.05, 0.1) is 22.4 Å². The highest BCUT2D eigenvalue weighted by Gasteiger charge is 1.96. The summed E-state index contributed by atoms with van der Waals surface area (Å²) in [4.78, 5) is 23.2. The first-order chi connectivity index (χ1) is 6.10. The number of nitrogens with two attached hydrogens (primary N) is 1. The zero-order valence-corrected chi connectivity index (χ0v) is 8.45. The zero-order chi connectivity index (χ0) is 11.4. The highest BCUT2D eigenvalue weighted by atomic mass is 32.2. The van der Waals surface area contributed by atoms with E-state index in [0.717, 1.165) is 0 Å². The number of hydrogen-bond acceptors (Lipinski definition) is 7. The number of guanidine groups is 1. The molecule has 3 N–H and O–H groups in total. The van der Waals surface area contributed by atoms with Gasteiger partial charge in [-0.2, -0.15) is 0 Å². The Morgan fingerprint density at radius 2 is 2.00 bits per heavy atom. The van der Waals surface area contributed by atoms with E-state index in [-0.39, 0.29) is 0 Å². The maximum Gasteiger partial charge on any atom is 0.192 e. The van der Waals surface area contributed by atoms with E-state index in [2.05, 4.69) is 4.99 Å². The summed E-state index contributed by atoms with van der Waals surface area (Å²) in [6.45, 7) is -0.509. The Labute approximate surface area is 80.0 Å². The van der Waals surface area contributed by atoms with E-state index >= 15 is 0 Å². The van der Waals surface area contributed by atoms with Crippen molar-refractivity contribution in [1.29, 1.82) is 0 Å². The minimum absolute atomic E-state index is 0.509. The molecular formula is C3H7N3O6PS-3. The van der Waals surface area contributed by atoms with Crippen molar-refractivity contribution in [2.75, 3.05) is 12.3 Å². The summed E-state index contributed by atoms with van der Waals surface area (Å²) in [5, 5.41) is 1.28. The molecule has 0 radical (unpaired) electrons. The summed E-state index contributed by atoms with van der Waals surface area (Å²) in [5.74, 6) is -1.57. The predicted octanol–water partition coefficient (Wildman–Crippen LogP) is -3.74. The Morgan fingerprint density at radius 1 is 1.50 bits per heavy atom. The second-order valence-electron chi connectivity index (χ2n) is 2.14. The lowest BCUT2D eigenvalue weighted by molar-refractivity contribution is -0.316. The highest BCUT2D eigenvalue weighted by molar-refractivity contribution is 7.85. The lowest BCUT2D eigenvalue weighted by atomic mass is 10.8. The maximum absolute atomic E-state index is 10.0. The van der Waals surface area contributed by atoms with Gasteiger partial charge in [-0.15, -0.1) is 0 Å². The molecular weight excluding hydrogens is 237 g/mol. The van der Waals surface area contributed by atoms with Gasteiger partial charge < -0.3 is 29.7 Å². The minimum atomic E-state index is -5.04. The lowest BCUT2D eigenvalue weighted by Gasteiger charge is -2.30. The zero-order valence-electron chi connectivity index (χ0n) is 6.74. The first kappa shape index (κ1) is 13.3. The molecule has 0 amide bonds. The molecule has 9 nitrogen and oxygen atoms in total. The van der Waals surface area contributed by atoms with Gasteiger partial charge >= 0.3 is 0 Å². The van der Waals surface area contributed by atoms with Crippen molar-refractivity contribution in [2.45, 2.75) is 0 Å². The van der Waals surface area contributed by atoms with Crippen molar-refractivity contribution in [1.82, 2.24) is 5.09 Å². The molecule has 84 valence electrons. The van der Waals surface area contributed by atoms with Crippen LogP contribution < -0.4 is 20.6 Å². The van der Waals surface area contributed by atoms with Crippen LogP contribution in [0.2, 0.25) is 0 Å². The Kier molecular flexibility index (Phi) is 4.49. The van der Waals surface area contributed by atoms with Crippen LogP contribution in [0.1, 0.15) is 0 Å². The van der Waals surface area contributed by atoms with Crippen LogP contribution in [0, 0.1) is 0 Å². The summed E-state index contributed by atoms with van der Waals surface area (Å²) in [6.07, 6.45) is 0. The summed E-state index contributed by atoms with van der Waals surface area (Å²) in [7, 11) is -9.47. The first-order valence-corrected chi connectivity index (χ1v) is 6.26. The molecule has 0 saturated carbocycles. The SMILES string of the molecule is NC(=NCCS(=O)(=O)[O-])NP(=O)([O-])[O-]. The van der Waals surface area contributed by atoms with Gasteiger partial charge in [0.25, 0.3) is 0 Å². The molecule has 0 atom stereocenters. The fourth-order valence-corrected chi connectivity index (χ4v) is 1.12. The Hall–Kier alpha value is -0.670. The molecule has 0 aliphatic rings. The van der Waals surface area contributed by atoms with Crippen molar-refractivity contribution in [3.63, 3.8) is 0 Å². The van der Waals surface area contributed by atoms with Crippen molar-refractivity contribution >= 4 is 23.8 Å². The number of nitrogens with one attached hydrogen (secondary N) is 1. The van der Waals surface area contributed by atoms with Crippen molar-refractivity contribution in [2.24, 2.45) is 10.7 Å². The van der Waals surface area contributed by atoms with E-state index in [4.69, 9.17) is 5.73 Å². The molecule has 0 fully saturated rings. The molecule has 0 aromatic rings. The molecule has 11 heteroatoms. The van der Waals surface area contributed by atoms with E-state index in [1.165, 1.54) is 5.09 Å². The van der Waals surface area contributed by atoms with Crippen molar-refractivity contribution in [3.8, 4) is 0 Å². The first-order valence-electron chi connectivity index (χ1n) is 3.14. The van der Waals surface area contributed by atoms with Crippen LogP contribution in [0.5, 0.6) is 0 Å². The topological polar surface area (TPSA) is 171 Å². The number of nitrogens with zero attached hydrogens (tertiary/aromatic N) is 1. The Morgan fingerprint density at radius 3 is 2.36 bits per heavy atom. The van der Waals surface area contributed by atoms with E-state index in [1.54, 1.807) is 0 Å². The standard InChI is InChI=1S/C3H10N3O6PS/c4-3(6-13(7,8)9)5-1-2-14(10,11)12/h1-2H2,(H,10,11,12)(H5,4,5,6,7,8,9)/p-3. The summed E-state index contributed by atoms with van der Waals surface area (Å²) in [6, 6.07) is 0. The molecule has 0 aliphatic heterocycles. The third-order valence-electron chi connectivity index (χ3n) is 0.875. The maximum atomic E-state index is 10.0. The third-order valence-corrected chi connectivity index (χ3v) is 2.06. The number of rotatable bonds is 4. The van der Waals surface area contributed by atoms with Crippen LogP contribution >= 0.6 is 7.75 Å². The van der Waals surface area contributed by atoms with Crippen LogP contribution in [0.4, 0.5) is 0 Å². The molecule has 0 unspecified atom stereocenters. The smallest absolute Gasteiger partial charge is 0.192 e. The summed E-state index contributed by atoms with van der Waals surface area (Å²) < 4.78 is 40.1. The van der Waals surface area contributed by atoms with Gasteiger partial charge in [0.2, 0.25) is 0 Å². The summed E-state index contributed by atoms with van der Waals surface area (Å²) in [5.41, 5.74) is 4.86. The molecule has 0 aromatic carbocycles. The Bertz CT molecular complexity index is 357. The molecule has 0 rings (SSSR count). The van der Waals surface area contributed by atoms with Gasteiger partial charge in [-0.05, 0) is 0 Å². The van der Waals surface area contributed by atoms with Gasteiger partial charge in [0, 0.05) is 7.75 Å². The molecule has 0 spiro atoms. The highest BCUT2D eigenvalue weighted by Crippen LogP contribution is 2.13. The number of hydrogen-bond donors (Lipinski definition) is 2. The van der Waals surface area contributed by atoms with E-state index < -0.39 is 36.1 Å². The second-order valence-corrected chi connectivity index (χ2v) is 4.88. The Balaban J connectivity index is 4.09. The molecule has 0 aliphatic carbocycles. The fourth-order valence-electron chi connectivity index (χ4n) is 0.454. The van der Waals surface area contributed by atoms with Gasteiger partial charge in [-0.3, -0.25) is 4.99 Å². The molecule has 0 saturated heterocycles. The summed E-state index contributed by atoms with van der Waals surface area (Å²) >= 11 is 0. The lowest BCUT2D eigenvalue weighted by Crippen LogP contribution is -2.37. The van der Waals surface area contributed by atoms with E-state index in [1.807, 2.05) is 0 Å². The predicted molar refractivity (Wildman–Crippen MR) is 41.8 cm³/mol. The van der Waals surface area contributed by atoms with Crippen LogP contribution in [0.15, 0.2) is 4.99 Å². The monoisotopic (exact) mass is 244 g/mol. The molecule has 0 aromatic heterocycles. The van der Waals surface area contributed by atoms with Crippen LogP contribution in [0.3, 0.4) is 0 Å². The molecule has 14 heavy (non-hydrogen) atoms. The molecule has 0 bridgehead atoms. The van der Waals surface area contributed by atoms with E-state index in [9.17, 15) is 27.3 Å². The van der Waals surface area contributed by atoms with Gasteiger partial charge in [-0.25, -0.2) is 8.42 Å². The largest absolute Gasteiger partial charge is 0.795 e. The van der Waals surface area contributed by atoms with Gasteiger partial charge in [0.1, 0.15) is 0 Å². The average molecular weight is 244 g/mol. The normalized spacial score (nSPS) is 14.1. The van der Waals surface area contributed by atoms with Crippen LogP contribution in [-0.4, -0.2) is 31.2 Å². The van der Waals surface area contributed by atoms with Gasteiger partial charge in [-0.1, -0.05) is 0 Å². The van der Waals surface area contributed by atoms with Gasteiger partial charge in [0.15, 0.2) is 5.96 Å². The average Bonchev–Trinajstić information content (AvgIpc) is 1.78. The second kappa shape index (κ2) is 4.71. The molecule has 0 heterocycles. The third kappa shape index (κ3) is 9.42. The van der Waals surface area contributed by atoms with Crippen molar-refractivity contribution < 1.29 is 27.3 Å². The van der Waals surface area contributed by atoms with Crippen molar-refractivity contribution in [3.05, 3.63) is 0 Å². The quantitative estimate of drug-likeness (QED) is 0.220. The number of aliphatic imine (C=N–C) groups is 1. The van der Waals surface area contributed by atoms with Crippen LogP contribution in [0.25, 0.3) is 0 Å². The fraction of sp³-hybridized carbons (Fsp3) is 0.667. The van der Waals surface area contributed by atoms with Crippen LogP contribution in [-0.2, 0) is 14.7 Å². The minimum Gasteiger partial charge on any atom is -0.795 e.